The average Bonchev–Trinajstić information content (AvgIpc) is 2.69. The number of halogens is 1. The topological polar surface area (TPSA) is 85.1 Å². The van der Waals surface area contributed by atoms with E-state index in [2.05, 4.69) is 9.71 Å². The number of pyridine rings is 1. The normalized spacial score (nSPS) is 11.4. The van der Waals surface area contributed by atoms with E-state index in [9.17, 15) is 8.42 Å². The van der Waals surface area contributed by atoms with Crippen molar-refractivity contribution in [2.75, 3.05) is 10.5 Å². The van der Waals surface area contributed by atoms with Gasteiger partial charge in [-0.15, -0.1) is 11.3 Å². The second kappa shape index (κ2) is 4.52. The molecule has 5 nitrogen and oxygen atoms in total. The Morgan fingerprint density at radius 3 is 2.82 bits per heavy atom. The molecule has 0 bridgehead atoms. The lowest BCUT2D eigenvalue weighted by atomic mass is 10.4. The van der Waals surface area contributed by atoms with Crippen molar-refractivity contribution in [1.29, 1.82) is 0 Å². The first-order chi connectivity index (χ1) is 7.99. The molecule has 0 aromatic carbocycles. The van der Waals surface area contributed by atoms with Crippen molar-refractivity contribution in [3.63, 3.8) is 0 Å². The van der Waals surface area contributed by atoms with E-state index in [4.69, 9.17) is 17.3 Å². The van der Waals surface area contributed by atoms with Gasteiger partial charge in [-0.3, -0.25) is 9.71 Å². The van der Waals surface area contributed by atoms with Gasteiger partial charge in [-0.1, -0.05) is 11.6 Å². The maximum absolute atomic E-state index is 11.9. The molecule has 0 spiro atoms. The van der Waals surface area contributed by atoms with Crippen LogP contribution in [0.3, 0.4) is 0 Å². The Hall–Kier alpha value is -1.31. The molecule has 2 aromatic heterocycles. The van der Waals surface area contributed by atoms with Crippen molar-refractivity contribution >= 4 is 44.3 Å². The fourth-order valence-corrected chi connectivity index (χ4v) is 3.47. The molecular formula is C9H8ClN3O2S2. The number of nitrogens with zero attached hydrogens (tertiary/aromatic N) is 1. The second-order valence-corrected chi connectivity index (χ2v) is 6.39. The lowest BCUT2D eigenvalue weighted by molar-refractivity contribution is 0.603. The van der Waals surface area contributed by atoms with E-state index >= 15 is 0 Å². The average molecular weight is 290 g/mol. The number of nitrogens with two attached hydrogens (primary N) is 1. The summed E-state index contributed by atoms with van der Waals surface area (Å²) in [4.78, 5) is 3.80. The van der Waals surface area contributed by atoms with Crippen molar-refractivity contribution in [1.82, 2.24) is 4.98 Å². The summed E-state index contributed by atoms with van der Waals surface area (Å²) in [5, 5.41) is 1.84. The summed E-state index contributed by atoms with van der Waals surface area (Å²) < 4.78 is 26.3. The van der Waals surface area contributed by atoms with Crippen LogP contribution in [0.25, 0.3) is 0 Å². The zero-order chi connectivity index (χ0) is 12.5. The largest absolute Gasteiger partial charge is 0.398 e. The molecule has 0 aliphatic rings. The van der Waals surface area contributed by atoms with Gasteiger partial charge in [0.1, 0.15) is 4.21 Å². The Balaban J connectivity index is 2.33. The third kappa shape index (κ3) is 2.68. The summed E-state index contributed by atoms with van der Waals surface area (Å²) in [7, 11) is -3.65. The smallest absolute Gasteiger partial charge is 0.271 e. The van der Waals surface area contributed by atoms with Gasteiger partial charge in [0.25, 0.3) is 10.0 Å². The van der Waals surface area contributed by atoms with E-state index < -0.39 is 10.0 Å². The minimum absolute atomic E-state index is 0.134. The molecule has 2 rings (SSSR count). The molecule has 3 N–H and O–H groups in total. The predicted octanol–water partition coefficient (Wildman–Crippen LogP) is 2.18. The molecule has 0 aliphatic heterocycles. The van der Waals surface area contributed by atoms with Gasteiger partial charge in [0, 0.05) is 17.3 Å². The number of anilines is 2. The molecule has 0 unspecified atom stereocenters. The van der Waals surface area contributed by atoms with Gasteiger partial charge in [-0.05, 0) is 12.1 Å². The highest BCUT2D eigenvalue weighted by molar-refractivity contribution is 7.94. The van der Waals surface area contributed by atoms with E-state index in [1.54, 1.807) is 5.38 Å². The minimum Gasteiger partial charge on any atom is -0.398 e. The van der Waals surface area contributed by atoms with Crippen molar-refractivity contribution < 1.29 is 8.42 Å². The van der Waals surface area contributed by atoms with E-state index in [-0.39, 0.29) is 14.9 Å². The van der Waals surface area contributed by atoms with Crippen molar-refractivity contribution in [3.8, 4) is 0 Å². The van der Waals surface area contributed by atoms with Crippen molar-refractivity contribution in [3.05, 3.63) is 34.9 Å². The summed E-state index contributed by atoms with van der Waals surface area (Å²) in [6.07, 6.45) is 2.82. The number of sulfonamides is 1. The third-order valence-electron chi connectivity index (χ3n) is 1.87. The summed E-state index contributed by atoms with van der Waals surface area (Å²) in [5.74, 6) is 0. The summed E-state index contributed by atoms with van der Waals surface area (Å²) >= 11 is 6.88. The number of thiophene rings is 1. The van der Waals surface area contributed by atoms with Gasteiger partial charge in [0.05, 0.1) is 16.9 Å². The van der Waals surface area contributed by atoms with Crippen molar-refractivity contribution in [2.45, 2.75) is 4.21 Å². The Bertz CT molecular complexity index is 639. The number of hydrogen-bond acceptors (Lipinski definition) is 5. The number of rotatable bonds is 3. The van der Waals surface area contributed by atoms with Crippen LogP contribution < -0.4 is 10.5 Å². The molecule has 0 saturated heterocycles. The lowest BCUT2D eigenvalue weighted by Gasteiger charge is -2.06. The highest BCUT2D eigenvalue weighted by atomic mass is 35.5. The Labute approximate surface area is 107 Å². The molecule has 0 atom stereocenters. The van der Waals surface area contributed by atoms with E-state index in [1.165, 1.54) is 24.5 Å². The van der Waals surface area contributed by atoms with E-state index in [0.29, 0.717) is 5.69 Å². The standard InChI is InChI=1S/C9H8ClN3O2S2/c10-7-1-2-12-4-8(7)13-17(14,15)9-3-6(11)5-16-9/h1-5,13H,11H2. The molecular weight excluding hydrogens is 282 g/mol. The molecule has 0 fully saturated rings. The first-order valence-corrected chi connectivity index (χ1v) is 7.19. The molecule has 90 valence electrons. The molecule has 17 heavy (non-hydrogen) atoms. The third-order valence-corrected chi connectivity index (χ3v) is 5.03. The number of nitrogen functional groups attached to an aromatic ring is 1. The van der Waals surface area contributed by atoms with Crippen LogP contribution in [-0.4, -0.2) is 13.4 Å². The van der Waals surface area contributed by atoms with Crippen LogP contribution >= 0.6 is 22.9 Å². The van der Waals surface area contributed by atoms with Crippen LogP contribution in [0.2, 0.25) is 5.02 Å². The van der Waals surface area contributed by atoms with Crippen LogP contribution in [-0.2, 0) is 10.0 Å². The summed E-state index contributed by atoms with van der Waals surface area (Å²) in [6.45, 7) is 0. The zero-order valence-electron chi connectivity index (χ0n) is 8.42. The van der Waals surface area contributed by atoms with E-state index in [1.807, 2.05) is 0 Å². The minimum atomic E-state index is -3.65. The van der Waals surface area contributed by atoms with Crippen LogP contribution in [0.15, 0.2) is 34.1 Å². The molecule has 0 amide bonds. The Kier molecular flexibility index (Phi) is 3.23. The summed E-state index contributed by atoms with van der Waals surface area (Å²) in [5.41, 5.74) is 6.13. The first-order valence-electron chi connectivity index (χ1n) is 4.45. The molecule has 0 saturated carbocycles. The highest BCUT2D eigenvalue weighted by Gasteiger charge is 2.17. The van der Waals surface area contributed by atoms with Gasteiger partial charge in [-0.2, -0.15) is 0 Å². The molecule has 2 heterocycles. The first kappa shape index (κ1) is 12.2. The van der Waals surface area contributed by atoms with E-state index in [0.717, 1.165) is 11.3 Å². The monoisotopic (exact) mass is 289 g/mol. The number of hydrogen-bond donors (Lipinski definition) is 2. The number of aromatic nitrogens is 1. The molecule has 0 radical (unpaired) electrons. The van der Waals surface area contributed by atoms with Gasteiger partial charge >= 0.3 is 0 Å². The SMILES string of the molecule is Nc1csc(S(=O)(=O)Nc2cnccc2Cl)c1. The molecule has 0 aliphatic carbocycles. The van der Waals surface area contributed by atoms with Gasteiger partial charge in [0.2, 0.25) is 0 Å². The second-order valence-electron chi connectivity index (χ2n) is 3.16. The van der Waals surface area contributed by atoms with Crippen LogP contribution in [0, 0.1) is 0 Å². The fraction of sp³-hybridized carbons (Fsp3) is 0. The van der Waals surface area contributed by atoms with Crippen LogP contribution in [0.5, 0.6) is 0 Å². The number of nitrogens with one attached hydrogen (secondary N) is 1. The molecule has 8 heteroatoms. The van der Waals surface area contributed by atoms with Gasteiger partial charge in [-0.25, -0.2) is 8.42 Å². The zero-order valence-corrected chi connectivity index (χ0v) is 10.8. The highest BCUT2D eigenvalue weighted by Crippen LogP contribution is 2.26. The summed E-state index contributed by atoms with van der Waals surface area (Å²) in [6, 6.07) is 2.89. The van der Waals surface area contributed by atoms with Gasteiger partial charge < -0.3 is 5.73 Å². The van der Waals surface area contributed by atoms with Crippen molar-refractivity contribution in [2.24, 2.45) is 0 Å². The maximum Gasteiger partial charge on any atom is 0.271 e. The van der Waals surface area contributed by atoms with Crippen LogP contribution in [0.1, 0.15) is 0 Å². The fourth-order valence-electron chi connectivity index (χ4n) is 1.12. The maximum atomic E-state index is 11.9. The van der Waals surface area contributed by atoms with Gasteiger partial charge in [0.15, 0.2) is 0 Å². The Morgan fingerprint density at radius 2 is 2.24 bits per heavy atom. The van der Waals surface area contributed by atoms with Crippen LogP contribution in [0.4, 0.5) is 11.4 Å². The quantitative estimate of drug-likeness (QED) is 0.907. The molecule has 2 aromatic rings. The lowest BCUT2D eigenvalue weighted by Crippen LogP contribution is -2.12. The predicted molar refractivity (Wildman–Crippen MR) is 68.8 cm³/mol. The Morgan fingerprint density at radius 1 is 1.47 bits per heavy atom.